The van der Waals surface area contributed by atoms with Crippen molar-refractivity contribution in [2.24, 2.45) is 27.2 Å². The lowest BCUT2D eigenvalue weighted by molar-refractivity contribution is -0.137. The second-order valence-corrected chi connectivity index (χ2v) is 3.02. The van der Waals surface area contributed by atoms with Gasteiger partial charge < -0.3 is 17.2 Å². The van der Waals surface area contributed by atoms with E-state index >= 15 is 0 Å². The molecule has 1 aromatic rings. The summed E-state index contributed by atoms with van der Waals surface area (Å²) in [6, 6.07) is 4.70. The number of halogens is 4. The average Bonchev–Trinajstić information content (AvgIpc) is 2.15. The zero-order valence-electron chi connectivity index (χ0n) is 8.98. The maximum absolute atomic E-state index is 12.6. The van der Waals surface area contributed by atoms with Crippen LogP contribution in [0.5, 0.6) is 0 Å². The minimum absolute atomic E-state index is 0. The fourth-order valence-corrected chi connectivity index (χ4v) is 1.09. The second-order valence-electron chi connectivity index (χ2n) is 3.02. The summed E-state index contributed by atoms with van der Waals surface area (Å²) in [5, 5.41) is 0. The Morgan fingerprint density at radius 2 is 1.61 bits per heavy atom. The van der Waals surface area contributed by atoms with E-state index in [4.69, 9.17) is 17.2 Å². The zero-order valence-corrected chi connectivity index (χ0v) is 9.79. The minimum atomic E-state index is -4.52. The molecule has 1 aromatic carbocycles. The van der Waals surface area contributed by atoms with E-state index in [0.717, 1.165) is 12.1 Å². The van der Waals surface area contributed by atoms with Crippen LogP contribution in [-0.2, 0) is 6.18 Å². The van der Waals surface area contributed by atoms with Crippen LogP contribution in [0.2, 0.25) is 0 Å². The van der Waals surface area contributed by atoms with E-state index in [1.54, 1.807) is 0 Å². The number of guanidine groups is 2. The molecule has 6 N–H and O–H groups in total. The summed E-state index contributed by atoms with van der Waals surface area (Å²) in [6.45, 7) is 0. The lowest BCUT2D eigenvalue weighted by Gasteiger charge is -2.09. The molecule has 18 heavy (non-hydrogen) atoms. The molecule has 0 spiro atoms. The van der Waals surface area contributed by atoms with Gasteiger partial charge in [-0.3, -0.25) is 0 Å². The summed E-state index contributed by atoms with van der Waals surface area (Å²) in [5.74, 6) is -0.822. The van der Waals surface area contributed by atoms with Crippen molar-refractivity contribution in [1.29, 1.82) is 0 Å². The number of hydrogen-bond acceptors (Lipinski definition) is 1. The van der Waals surface area contributed by atoms with E-state index in [2.05, 4.69) is 9.98 Å². The molecule has 0 aliphatic carbocycles. The van der Waals surface area contributed by atoms with Gasteiger partial charge in [-0.15, -0.1) is 12.4 Å². The number of aliphatic imine (C=N–C) groups is 2. The van der Waals surface area contributed by atoms with E-state index < -0.39 is 17.7 Å². The number of rotatable bonds is 1. The van der Waals surface area contributed by atoms with Gasteiger partial charge in [-0.05, 0) is 12.1 Å². The summed E-state index contributed by atoms with van der Waals surface area (Å²) < 4.78 is 37.7. The van der Waals surface area contributed by atoms with Gasteiger partial charge in [0, 0.05) is 0 Å². The largest absolute Gasteiger partial charge is 0.418 e. The van der Waals surface area contributed by atoms with E-state index in [9.17, 15) is 13.2 Å². The maximum atomic E-state index is 12.6. The third-order valence-electron chi connectivity index (χ3n) is 1.69. The lowest BCUT2D eigenvalue weighted by atomic mass is 10.2. The van der Waals surface area contributed by atoms with Gasteiger partial charge in [0.1, 0.15) is 0 Å². The normalized spacial score (nSPS) is 11.6. The van der Waals surface area contributed by atoms with Gasteiger partial charge in [0.25, 0.3) is 0 Å². The van der Waals surface area contributed by atoms with Gasteiger partial charge in [-0.1, -0.05) is 12.1 Å². The van der Waals surface area contributed by atoms with E-state index in [-0.39, 0.29) is 24.1 Å². The summed E-state index contributed by atoms with van der Waals surface area (Å²) in [4.78, 5) is 6.82. The first-order valence-electron chi connectivity index (χ1n) is 4.40. The molecule has 0 radical (unpaired) electrons. The molecule has 0 saturated heterocycles. The summed E-state index contributed by atoms with van der Waals surface area (Å²) >= 11 is 0. The fraction of sp³-hybridized carbons (Fsp3) is 0.111. The van der Waals surface area contributed by atoms with Crippen LogP contribution >= 0.6 is 12.4 Å². The van der Waals surface area contributed by atoms with Gasteiger partial charge in [0.05, 0.1) is 11.3 Å². The SMILES string of the molecule is Cl.NC(N)=NC(N)=Nc1ccccc1C(F)(F)F. The highest BCUT2D eigenvalue weighted by molar-refractivity contribution is 5.93. The van der Waals surface area contributed by atoms with Crippen molar-refractivity contribution < 1.29 is 13.2 Å². The molecule has 0 aromatic heterocycles. The quantitative estimate of drug-likeness (QED) is 0.535. The Balaban J connectivity index is 0.00000289. The smallest absolute Gasteiger partial charge is 0.370 e. The first-order chi connectivity index (χ1) is 7.80. The average molecular weight is 282 g/mol. The molecule has 100 valence electrons. The standard InChI is InChI=1S/C9H10F3N5.ClH/c10-9(11,12)5-3-1-2-4-6(5)16-8(15)17-7(13)14;/h1-4H,(H6,13,14,15,16,17);1H. The Labute approximate surface area is 107 Å². The third-order valence-corrected chi connectivity index (χ3v) is 1.69. The maximum Gasteiger partial charge on any atom is 0.418 e. The third kappa shape index (κ3) is 4.50. The van der Waals surface area contributed by atoms with E-state index in [1.165, 1.54) is 12.1 Å². The molecule has 0 atom stereocenters. The Bertz CT molecular complexity index is 466. The van der Waals surface area contributed by atoms with Crippen LogP contribution in [0.15, 0.2) is 34.3 Å². The molecule has 0 aliphatic heterocycles. The highest BCUT2D eigenvalue weighted by Crippen LogP contribution is 2.35. The molecular formula is C9H11ClF3N5. The van der Waals surface area contributed by atoms with Crippen molar-refractivity contribution in [2.75, 3.05) is 0 Å². The highest BCUT2D eigenvalue weighted by Gasteiger charge is 2.33. The predicted octanol–water partition coefficient (Wildman–Crippen LogP) is 1.35. The summed E-state index contributed by atoms with van der Waals surface area (Å²) in [5.41, 5.74) is 14.0. The number of nitrogens with zero attached hydrogens (tertiary/aromatic N) is 2. The van der Waals surface area contributed by atoms with Crippen LogP contribution < -0.4 is 17.2 Å². The Morgan fingerprint density at radius 1 is 1.06 bits per heavy atom. The Morgan fingerprint density at radius 3 is 2.11 bits per heavy atom. The molecule has 5 nitrogen and oxygen atoms in total. The fourth-order valence-electron chi connectivity index (χ4n) is 1.09. The number of nitrogens with two attached hydrogens (primary N) is 3. The van der Waals surface area contributed by atoms with Gasteiger partial charge in [0.15, 0.2) is 5.96 Å². The number of para-hydroxylation sites is 1. The van der Waals surface area contributed by atoms with Gasteiger partial charge in [-0.25, -0.2) is 4.99 Å². The molecule has 0 saturated carbocycles. The molecular weight excluding hydrogens is 271 g/mol. The molecule has 0 heterocycles. The minimum Gasteiger partial charge on any atom is -0.370 e. The predicted molar refractivity (Wildman–Crippen MR) is 65.8 cm³/mol. The van der Waals surface area contributed by atoms with Crippen LogP contribution in [0.4, 0.5) is 18.9 Å². The first kappa shape index (κ1) is 16.0. The molecule has 0 aliphatic rings. The Hall–Kier alpha value is -1.96. The summed E-state index contributed by atoms with van der Waals surface area (Å²) in [7, 11) is 0. The number of alkyl halides is 3. The van der Waals surface area contributed by atoms with E-state index in [0.29, 0.717) is 0 Å². The van der Waals surface area contributed by atoms with Crippen molar-refractivity contribution in [2.45, 2.75) is 6.18 Å². The molecule has 0 unspecified atom stereocenters. The van der Waals surface area contributed by atoms with Gasteiger partial charge in [0.2, 0.25) is 5.96 Å². The van der Waals surface area contributed by atoms with Crippen molar-refractivity contribution in [1.82, 2.24) is 0 Å². The van der Waals surface area contributed by atoms with Crippen molar-refractivity contribution >= 4 is 30.0 Å². The van der Waals surface area contributed by atoms with Crippen LogP contribution in [0.3, 0.4) is 0 Å². The molecule has 0 fully saturated rings. The van der Waals surface area contributed by atoms with Crippen molar-refractivity contribution in [3.63, 3.8) is 0 Å². The van der Waals surface area contributed by atoms with Crippen LogP contribution in [-0.4, -0.2) is 11.9 Å². The summed E-state index contributed by atoms with van der Waals surface area (Å²) in [6.07, 6.45) is -4.52. The van der Waals surface area contributed by atoms with Crippen LogP contribution in [0.1, 0.15) is 5.56 Å². The Kier molecular flexibility index (Phi) is 5.44. The molecule has 0 amide bonds. The monoisotopic (exact) mass is 281 g/mol. The number of benzene rings is 1. The molecule has 0 bridgehead atoms. The first-order valence-corrected chi connectivity index (χ1v) is 4.40. The second kappa shape index (κ2) is 6.10. The van der Waals surface area contributed by atoms with E-state index in [1.807, 2.05) is 0 Å². The van der Waals surface area contributed by atoms with Gasteiger partial charge >= 0.3 is 6.18 Å². The highest BCUT2D eigenvalue weighted by atomic mass is 35.5. The lowest BCUT2D eigenvalue weighted by Crippen LogP contribution is -2.26. The number of hydrogen-bond donors (Lipinski definition) is 3. The molecule has 9 heteroatoms. The van der Waals surface area contributed by atoms with Crippen molar-refractivity contribution in [3.8, 4) is 0 Å². The zero-order chi connectivity index (χ0) is 13.1. The topological polar surface area (TPSA) is 103 Å². The van der Waals surface area contributed by atoms with Crippen LogP contribution in [0, 0.1) is 0 Å². The molecule has 1 rings (SSSR count). The van der Waals surface area contributed by atoms with Crippen LogP contribution in [0.25, 0.3) is 0 Å². The van der Waals surface area contributed by atoms with Gasteiger partial charge in [-0.2, -0.15) is 18.2 Å². The van der Waals surface area contributed by atoms with Crippen molar-refractivity contribution in [3.05, 3.63) is 29.8 Å².